The maximum atomic E-state index is 13.9. The molecule has 1 aliphatic heterocycles. The molecule has 0 bridgehead atoms. The smallest absolute Gasteiger partial charge is 0.126 e. The predicted molar refractivity (Wildman–Crippen MR) is 84.1 cm³/mol. The fourth-order valence-electron chi connectivity index (χ4n) is 4.19. The van der Waals surface area contributed by atoms with Crippen LogP contribution in [0.2, 0.25) is 0 Å². The standard InChI is InChI=1S/C18H26FNO/c1-12-10-18(15(13(2)21)11-16(12)19)20-9-5-7-14-6-3-4-8-17(14)20/h10-11,13-14,17,21H,3-9H2,1-2H3/t13?,14-,17-/m1/s1. The molecule has 2 aliphatic rings. The van der Waals surface area contributed by atoms with E-state index in [1.165, 1.54) is 44.6 Å². The van der Waals surface area contributed by atoms with E-state index in [-0.39, 0.29) is 5.82 Å². The Morgan fingerprint density at radius 3 is 2.67 bits per heavy atom. The maximum Gasteiger partial charge on any atom is 0.126 e. The minimum absolute atomic E-state index is 0.216. The van der Waals surface area contributed by atoms with Crippen molar-refractivity contribution in [1.82, 2.24) is 0 Å². The van der Waals surface area contributed by atoms with Crippen molar-refractivity contribution in [3.63, 3.8) is 0 Å². The lowest BCUT2D eigenvalue weighted by Crippen LogP contribution is -2.47. The molecule has 1 aliphatic carbocycles. The van der Waals surface area contributed by atoms with Gasteiger partial charge in [-0.15, -0.1) is 0 Å². The molecular weight excluding hydrogens is 265 g/mol. The number of benzene rings is 1. The number of aliphatic hydroxyl groups is 1. The average molecular weight is 291 g/mol. The monoisotopic (exact) mass is 291 g/mol. The number of anilines is 1. The highest BCUT2D eigenvalue weighted by Crippen LogP contribution is 2.40. The summed E-state index contributed by atoms with van der Waals surface area (Å²) in [7, 11) is 0. The Morgan fingerprint density at radius 2 is 1.90 bits per heavy atom. The van der Waals surface area contributed by atoms with Crippen LogP contribution in [-0.2, 0) is 0 Å². The van der Waals surface area contributed by atoms with Crippen molar-refractivity contribution in [3.8, 4) is 0 Å². The first kappa shape index (κ1) is 14.8. The van der Waals surface area contributed by atoms with Gasteiger partial charge < -0.3 is 10.0 Å². The number of hydrogen-bond donors (Lipinski definition) is 1. The Kier molecular flexibility index (Phi) is 4.21. The van der Waals surface area contributed by atoms with Gasteiger partial charge in [-0.1, -0.05) is 12.8 Å². The van der Waals surface area contributed by atoms with Crippen molar-refractivity contribution in [2.24, 2.45) is 5.92 Å². The van der Waals surface area contributed by atoms with Gasteiger partial charge in [0.15, 0.2) is 0 Å². The molecule has 1 heterocycles. The van der Waals surface area contributed by atoms with Crippen LogP contribution < -0.4 is 4.90 Å². The quantitative estimate of drug-likeness (QED) is 0.876. The molecule has 1 saturated carbocycles. The summed E-state index contributed by atoms with van der Waals surface area (Å²) in [5, 5.41) is 10.1. The first-order valence-electron chi connectivity index (χ1n) is 8.32. The fourth-order valence-corrected chi connectivity index (χ4v) is 4.19. The third-order valence-corrected chi connectivity index (χ3v) is 5.31. The minimum atomic E-state index is -0.626. The molecule has 3 rings (SSSR count). The van der Waals surface area contributed by atoms with Crippen LogP contribution in [0.3, 0.4) is 0 Å². The Labute approximate surface area is 127 Å². The molecule has 0 amide bonds. The van der Waals surface area contributed by atoms with E-state index in [2.05, 4.69) is 4.90 Å². The van der Waals surface area contributed by atoms with Crippen LogP contribution in [0.5, 0.6) is 0 Å². The normalized spacial score (nSPS) is 27.3. The van der Waals surface area contributed by atoms with Crippen molar-refractivity contribution >= 4 is 5.69 Å². The van der Waals surface area contributed by atoms with E-state index in [1.807, 2.05) is 13.0 Å². The van der Waals surface area contributed by atoms with Crippen molar-refractivity contribution < 1.29 is 9.50 Å². The number of halogens is 1. The highest BCUT2D eigenvalue weighted by atomic mass is 19.1. The fraction of sp³-hybridized carbons (Fsp3) is 0.667. The summed E-state index contributed by atoms with van der Waals surface area (Å²) < 4.78 is 13.9. The van der Waals surface area contributed by atoms with Gasteiger partial charge >= 0.3 is 0 Å². The number of aryl methyl sites for hydroxylation is 1. The second-order valence-corrected chi connectivity index (χ2v) is 6.78. The molecule has 0 spiro atoms. The summed E-state index contributed by atoms with van der Waals surface area (Å²) in [5.41, 5.74) is 2.47. The van der Waals surface area contributed by atoms with Crippen LogP contribution >= 0.6 is 0 Å². The Hall–Kier alpha value is -1.09. The van der Waals surface area contributed by atoms with Gasteiger partial charge in [0.1, 0.15) is 5.82 Å². The number of fused-ring (bicyclic) bond motifs is 1. The summed E-state index contributed by atoms with van der Waals surface area (Å²) in [4.78, 5) is 2.46. The van der Waals surface area contributed by atoms with Crippen LogP contribution in [0, 0.1) is 18.7 Å². The highest BCUT2D eigenvalue weighted by molar-refractivity contribution is 5.58. The molecule has 1 aromatic rings. The summed E-state index contributed by atoms with van der Waals surface area (Å²) in [6.07, 6.45) is 7.11. The topological polar surface area (TPSA) is 23.5 Å². The van der Waals surface area contributed by atoms with E-state index < -0.39 is 6.10 Å². The zero-order valence-electron chi connectivity index (χ0n) is 13.1. The molecule has 21 heavy (non-hydrogen) atoms. The van der Waals surface area contributed by atoms with Gasteiger partial charge in [-0.2, -0.15) is 0 Å². The van der Waals surface area contributed by atoms with Gasteiger partial charge in [0, 0.05) is 23.8 Å². The van der Waals surface area contributed by atoms with E-state index in [0.717, 1.165) is 23.7 Å². The summed E-state index contributed by atoms with van der Waals surface area (Å²) in [6, 6.07) is 4.05. The number of nitrogens with zero attached hydrogens (tertiary/aromatic N) is 1. The van der Waals surface area contributed by atoms with Gasteiger partial charge in [-0.25, -0.2) is 4.39 Å². The van der Waals surface area contributed by atoms with Gasteiger partial charge in [0.25, 0.3) is 0 Å². The van der Waals surface area contributed by atoms with E-state index in [1.54, 1.807) is 6.92 Å². The molecule has 1 N–H and O–H groups in total. The second kappa shape index (κ2) is 5.96. The molecule has 0 radical (unpaired) electrons. The molecule has 3 atom stereocenters. The second-order valence-electron chi connectivity index (χ2n) is 6.78. The van der Waals surface area contributed by atoms with Crippen LogP contribution in [-0.4, -0.2) is 17.7 Å². The molecular formula is C18H26FNO. The summed E-state index contributed by atoms with van der Waals surface area (Å²) in [5.74, 6) is 0.562. The Morgan fingerprint density at radius 1 is 1.19 bits per heavy atom. The van der Waals surface area contributed by atoms with Gasteiger partial charge in [0.05, 0.1) is 6.10 Å². The van der Waals surface area contributed by atoms with Gasteiger partial charge in [-0.3, -0.25) is 0 Å². The molecule has 0 aromatic heterocycles. The molecule has 1 aromatic carbocycles. The van der Waals surface area contributed by atoms with E-state index in [9.17, 15) is 9.50 Å². The molecule has 1 unspecified atom stereocenters. The lowest BCUT2D eigenvalue weighted by molar-refractivity contribution is 0.197. The number of aliphatic hydroxyl groups excluding tert-OH is 1. The lowest BCUT2D eigenvalue weighted by atomic mass is 9.78. The average Bonchev–Trinajstić information content (AvgIpc) is 2.49. The van der Waals surface area contributed by atoms with E-state index in [0.29, 0.717) is 11.6 Å². The predicted octanol–water partition coefficient (Wildman–Crippen LogP) is 4.35. The first-order chi connectivity index (χ1) is 10.1. The summed E-state index contributed by atoms with van der Waals surface area (Å²) >= 11 is 0. The van der Waals surface area contributed by atoms with Crippen LogP contribution in [0.25, 0.3) is 0 Å². The first-order valence-corrected chi connectivity index (χ1v) is 8.32. The largest absolute Gasteiger partial charge is 0.389 e. The zero-order valence-corrected chi connectivity index (χ0v) is 13.1. The van der Waals surface area contributed by atoms with Crippen LogP contribution in [0.4, 0.5) is 10.1 Å². The lowest BCUT2D eigenvalue weighted by Gasteiger charge is -2.46. The summed E-state index contributed by atoms with van der Waals surface area (Å²) in [6.45, 7) is 4.58. The molecule has 3 heteroatoms. The van der Waals surface area contributed by atoms with Crippen molar-refractivity contribution in [1.29, 1.82) is 0 Å². The van der Waals surface area contributed by atoms with Crippen LogP contribution in [0.1, 0.15) is 62.7 Å². The van der Waals surface area contributed by atoms with Crippen molar-refractivity contribution in [3.05, 3.63) is 29.1 Å². The van der Waals surface area contributed by atoms with Crippen molar-refractivity contribution in [2.45, 2.75) is 64.5 Å². The van der Waals surface area contributed by atoms with Gasteiger partial charge in [0.2, 0.25) is 0 Å². The third-order valence-electron chi connectivity index (χ3n) is 5.31. The maximum absolute atomic E-state index is 13.9. The number of hydrogen-bond acceptors (Lipinski definition) is 2. The Balaban J connectivity index is 1.99. The third kappa shape index (κ3) is 2.80. The van der Waals surface area contributed by atoms with Crippen LogP contribution in [0.15, 0.2) is 12.1 Å². The molecule has 2 fully saturated rings. The molecule has 2 nitrogen and oxygen atoms in total. The van der Waals surface area contributed by atoms with E-state index in [4.69, 9.17) is 0 Å². The minimum Gasteiger partial charge on any atom is -0.389 e. The Bertz CT molecular complexity index is 512. The van der Waals surface area contributed by atoms with Gasteiger partial charge in [-0.05, 0) is 63.1 Å². The molecule has 1 saturated heterocycles. The highest BCUT2D eigenvalue weighted by Gasteiger charge is 2.34. The van der Waals surface area contributed by atoms with Crippen molar-refractivity contribution in [2.75, 3.05) is 11.4 Å². The number of rotatable bonds is 2. The number of piperidine rings is 1. The zero-order chi connectivity index (χ0) is 15.0. The van der Waals surface area contributed by atoms with E-state index >= 15 is 0 Å². The molecule has 116 valence electrons. The SMILES string of the molecule is Cc1cc(N2CCC[C@H]3CCCC[C@H]32)c(C(C)O)cc1F.